The van der Waals surface area contributed by atoms with Gasteiger partial charge in [0.25, 0.3) is 0 Å². The number of ether oxygens (including phenoxy) is 4. The second kappa shape index (κ2) is 15.2. The van der Waals surface area contributed by atoms with Crippen molar-refractivity contribution in [2.24, 2.45) is 0 Å². The quantitative estimate of drug-likeness (QED) is 0.125. The fraction of sp³-hybridized carbons (Fsp3) is 0.133. The van der Waals surface area contributed by atoms with Crippen molar-refractivity contribution in [2.75, 3.05) is 14.2 Å². The van der Waals surface area contributed by atoms with Gasteiger partial charge in [-0.15, -0.1) is 0 Å². The highest BCUT2D eigenvalue weighted by Gasteiger charge is 2.15. The van der Waals surface area contributed by atoms with E-state index in [-0.39, 0.29) is 30.2 Å². The van der Waals surface area contributed by atoms with E-state index in [1.807, 2.05) is 36.4 Å². The summed E-state index contributed by atoms with van der Waals surface area (Å²) in [6.45, 7) is 0. The van der Waals surface area contributed by atoms with Gasteiger partial charge in [0.2, 0.25) is 0 Å². The molecular formula is C30H26AlO9. The zero-order valence-corrected chi connectivity index (χ0v) is 23.1. The van der Waals surface area contributed by atoms with Crippen LogP contribution in [0.25, 0.3) is 0 Å². The zero-order valence-electron chi connectivity index (χ0n) is 21.9. The van der Waals surface area contributed by atoms with E-state index in [0.29, 0.717) is 45.6 Å². The Hall–Kier alpha value is -4.49. The fourth-order valence-corrected chi connectivity index (χ4v) is 3.54. The van der Waals surface area contributed by atoms with E-state index in [2.05, 4.69) is 14.8 Å². The molecule has 3 radical (unpaired) electrons. The molecule has 9 nitrogen and oxygen atoms in total. The minimum absolute atomic E-state index is 0. The van der Waals surface area contributed by atoms with E-state index in [1.54, 1.807) is 60.7 Å². The highest BCUT2D eigenvalue weighted by atomic mass is 27.0. The van der Waals surface area contributed by atoms with Crippen LogP contribution in [-0.2, 0) is 37.2 Å². The third kappa shape index (κ3) is 8.78. The van der Waals surface area contributed by atoms with Crippen LogP contribution in [0.5, 0.6) is 34.5 Å². The number of para-hydroxylation sites is 2. The molecular weight excluding hydrogens is 531 g/mol. The molecule has 4 aromatic carbocycles. The van der Waals surface area contributed by atoms with E-state index in [1.165, 1.54) is 14.2 Å². The predicted octanol–water partition coefficient (Wildman–Crippen LogP) is 5.63. The van der Waals surface area contributed by atoms with Gasteiger partial charge >= 0.3 is 11.9 Å². The van der Waals surface area contributed by atoms with Crippen LogP contribution in [0.1, 0.15) is 11.1 Å². The second-order valence-corrected chi connectivity index (χ2v) is 8.13. The molecule has 0 bridgehead atoms. The van der Waals surface area contributed by atoms with Gasteiger partial charge < -0.3 is 18.9 Å². The minimum Gasteiger partial charge on any atom is -0.493 e. The lowest BCUT2D eigenvalue weighted by molar-refractivity contribution is -0.459. The SMILES string of the molecule is COc1ccc(CC(=O)OOOC(=O)Cc2ccc(OC)c(Oc3ccccc3)c2)cc1Oc1ccccc1.[Al]. The lowest BCUT2D eigenvalue weighted by Crippen LogP contribution is -2.14. The summed E-state index contributed by atoms with van der Waals surface area (Å²) in [5, 5.41) is 4.43. The van der Waals surface area contributed by atoms with Crippen LogP contribution in [0.2, 0.25) is 0 Å². The Kier molecular flexibility index (Phi) is 11.4. The van der Waals surface area contributed by atoms with Gasteiger partial charge in [0, 0.05) is 22.4 Å². The van der Waals surface area contributed by atoms with Crippen molar-refractivity contribution < 1.29 is 43.3 Å². The van der Waals surface area contributed by atoms with E-state index in [9.17, 15) is 9.59 Å². The third-order valence-electron chi connectivity index (χ3n) is 5.35. The van der Waals surface area contributed by atoms with E-state index < -0.39 is 11.9 Å². The molecule has 4 aromatic rings. The van der Waals surface area contributed by atoms with Gasteiger partial charge in [0.15, 0.2) is 23.0 Å². The molecule has 203 valence electrons. The number of methoxy groups -OCH3 is 2. The average molecular weight is 558 g/mol. The molecule has 0 unspecified atom stereocenters. The Labute approximate surface area is 242 Å². The fourth-order valence-electron chi connectivity index (χ4n) is 3.54. The van der Waals surface area contributed by atoms with Crippen molar-refractivity contribution >= 4 is 29.3 Å². The summed E-state index contributed by atoms with van der Waals surface area (Å²) in [5.74, 6) is 1.52. The predicted molar refractivity (Wildman–Crippen MR) is 145 cm³/mol. The Morgan fingerprint density at radius 2 is 0.950 bits per heavy atom. The molecule has 0 aliphatic heterocycles. The van der Waals surface area contributed by atoms with Gasteiger partial charge in [-0.05, 0) is 59.7 Å². The van der Waals surface area contributed by atoms with Crippen LogP contribution in [0.15, 0.2) is 97.1 Å². The molecule has 0 aliphatic rings. The highest BCUT2D eigenvalue weighted by Crippen LogP contribution is 2.33. The third-order valence-corrected chi connectivity index (χ3v) is 5.35. The van der Waals surface area contributed by atoms with Crippen LogP contribution in [0.3, 0.4) is 0 Å². The smallest absolute Gasteiger partial charge is 0.351 e. The average Bonchev–Trinajstić information content (AvgIpc) is 2.94. The molecule has 0 atom stereocenters. The van der Waals surface area contributed by atoms with Crippen molar-refractivity contribution in [3.05, 3.63) is 108 Å². The first-order valence-corrected chi connectivity index (χ1v) is 11.9. The first-order valence-electron chi connectivity index (χ1n) is 11.9. The molecule has 0 fully saturated rings. The first-order chi connectivity index (χ1) is 19.0. The molecule has 0 amide bonds. The summed E-state index contributed by atoms with van der Waals surface area (Å²) in [6.07, 6.45) is -0.323. The van der Waals surface area contributed by atoms with Gasteiger partial charge in [-0.3, -0.25) is 9.78 Å². The molecule has 0 N–H and O–H groups in total. The van der Waals surface area contributed by atoms with Gasteiger partial charge in [-0.25, -0.2) is 9.59 Å². The Morgan fingerprint density at radius 3 is 1.32 bits per heavy atom. The number of hydrogen-bond acceptors (Lipinski definition) is 9. The number of carbonyl (C=O) groups is 2. The summed E-state index contributed by atoms with van der Waals surface area (Å²) in [5.41, 5.74) is 1.15. The summed E-state index contributed by atoms with van der Waals surface area (Å²) in [4.78, 5) is 33.7. The maximum Gasteiger partial charge on any atom is 0.351 e. The second-order valence-electron chi connectivity index (χ2n) is 8.13. The maximum atomic E-state index is 12.2. The van der Waals surface area contributed by atoms with Gasteiger partial charge in [0.05, 0.1) is 27.1 Å². The van der Waals surface area contributed by atoms with Crippen LogP contribution < -0.4 is 18.9 Å². The summed E-state index contributed by atoms with van der Waals surface area (Å²) in [7, 11) is 3.04. The van der Waals surface area contributed by atoms with E-state index in [4.69, 9.17) is 18.9 Å². The lowest BCUT2D eigenvalue weighted by Gasteiger charge is -2.12. The van der Waals surface area contributed by atoms with Gasteiger partial charge in [0.1, 0.15) is 11.5 Å². The normalized spacial score (nSPS) is 10.1. The van der Waals surface area contributed by atoms with E-state index >= 15 is 0 Å². The Bertz CT molecular complexity index is 1290. The maximum absolute atomic E-state index is 12.2. The zero-order chi connectivity index (χ0) is 27.5. The molecule has 0 aromatic heterocycles. The monoisotopic (exact) mass is 557 g/mol. The highest BCUT2D eigenvalue weighted by molar-refractivity contribution is 5.75. The molecule has 10 heteroatoms. The van der Waals surface area contributed by atoms with Crippen LogP contribution in [0.4, 0.5) is 0 Å². The number of carbonyl (C=O) groups excluding carboxylic acids is 2. The molecule has 4 rings (SSSR count). The summed E-state index contributed by atoms with van der Waals surface area (Å²) < 4.78 is 22.4. The van der Waals surface area contributed by atoms with Crippen molar-refractivity contribution in [2.45, 2.75) is 12.8 Å². The van der Waals surface area contributed by atoms with Gasteiger partial charge in [-0.2, -0.15) is 0 Å². The molecule has 40 heavy (non-hydrogen) atoms. The number of rotatable bonds is 12. The van der Waals surface area contributed by atoms with Crippen molar-refractivity contribution in [3.8, 4) is 34.5 Å². The van der Waals surface area contributed by atoms with Crippen molar-refractivity contribution in [1.29, 1.82) is 0 Å². The van der Waals surface area contributed by atoms with E-state index in [0.717, 1.165) is 0 Å². The van der Waals surface area contributed by atoms with Crippen molar-refractivity contribution in [1.82, 2.24) is 0 Å². The number of hydrogen-bond donors (Lipinski definition) is 0. The standard InChI is InChI=1S/C30H26O9.Al/c1-33-25-15-13-21(17-27(25)35-23-9-5-3-6-10-23)19-29(31)37-39-38-30(32)20-22-14-16-26(34-2)28(18-22)36-24-11-7-4-8-12-24;/h3-18H,19-20H2,1-2H3;. The largest absolute Gasteiger partial charge is 0.493 e. The molecule has 0 aliphatic carbocycles. The van der Waals surface area contributed by atoms with Crippen LogP contribution >= 0.6 is 0 Å². The number of benzene rings is 4. The topological polar surface area (TPSA) is 98.8 Å². The molecule has 0 saturated heterocycles. The Morgan fingerprint density at radius 1 is 0.550 bits per heavy atom. The van der Waals surface area contributed by atoms with Crippen LogP contribution in [0, 0.1) is 0 Å². The van der Waals surface area contributed by atoms with Crippen LogP contribution in [-0.4, -0.2) is 43.5 Å². The molecule has 0 saturated carbocycles. The van der Waals surface area contributed by atoms with Gasteiger partial charge in [-0.1, -0.05) is 48.5 Å². The summed E-state index contributed by atoms with van der Waals surface area (Å²) >= 11 is 0. The summed E-state index contributed by atoms with van der Waals surface area (Å²) in [6, 6.07) is 28.3. The molecule has 0 spiro atoms. The Balaban J connectivity index is 0.00000441. The minimum atomic E-state index is -0.776. The lowest BCUT2D eigenvalue weighted by atomic mass is 10.1. The molecule has 0 heterocycles. The van der Waals surface area contributed by atoms with Crippen molar-refractivity contribution in [3.63, 3.8) is 0 Å². The first kappa shape index (κ1) is 30.1.